The van der Waals surface area contributed by atoms with Crippen LogP contribution in [0.2, 0.25) is 0 Å². The van der Waals surface area contributed by atoms with E-state index in [1.165, 1.54) is 25.6 Å². The molecule has 0 radical (unpaired) electrons. The van der Waals surface area contributed by atoms with E-state index in [2.05, 4.69) is 49.8 Å². The van der Waals surface area contributed by atoms with Crippen molar-refractivity contribution in [2.24, 2.45) is 0 Å². The maximum atomic E-state index is 12.8. The summed E-state index contributed by atoms with van der Waals surface area (Å²) in [5, 5.41) is 16.7. The van der Waals surface area contributed by atoms with Gasteiger partial charge < -0.3 is 39.4 Å². The van der Waals surface area contributed by atoms with Crippen LogP contribution in [0.1, 0.15) is 105 Å². The normalized spacial score (nSPS) is 14.2. The molecule has 59 heavy (non-hydrogen) atoms. The summed E-state index contributed by atoms with van der Waals surface area (Å²) in [7, 11) is 8.31. The summed E-state index contributed by atoms with van der Waals surface area (Å²) in [5.74, 6) is 0.0815. The second-order valence-corrected chi connectivity index (χ2v) is 14.9. The molecule has 0 atom stereocenters. The predicted molar refractivity (Wildman–Crippen MR) is 219 cm³/mol. The summed E-state index contributed by atoms with van der Waals surface area (Å²) < 4.78 is 8.79. The Labute approximate surface area is 339 Å². The van der Waals surface area contributed by atoms with Crippen molar-refractivity contribution >= 4 is 69.4 Å². The number of anilines is 4. The number of aromatic carboxylic acids is 1. The second-order valence-electron chi connectivity index (χ2n) is 14.9. The number of hydrogen-bond donors (Lipinski definition) is 3. The number of aromatic nitrogens is 8. The number of nitrogens with zero attached hydrogens (tertiary/aromatic N) is 10. The standard InChI is InChI=1S/C21H24N6O3.C20H22N6O3/c1-26(2)19(28)16-10-14-12-23-21(25-18(14)27(16)15-6-4-5-7-15)24-17-9-8-13(11-22-17)20(29)30-3;1-25(2)18(27)15-9-13-11-22-20(23-16-8-7-12(10-21-16)19(28)29)24-17(13)26(15)14-5-3-4-6-14/h8-12,15H,4-7H2,1-3H3,(H,22,23,24,25);7-11,14H,3-6H2,1-2H3,(H,28,29)(H,21,22,23,24). The van der Waals surface area contributed by atoms with Crippen molar-refractivity contribution in [3.63, 3.8) is 0 Å². The van der Waals surface area contributed by atoms with Gasteiger partial charge in [-0.2, -0.15) is 9.97 Å². The van der Waals surface area contributed by atoms with Crippen LogP contribution in [0.15, 0.2) is 61.2 Å². The Balaban J connectivity index is 0.000000179. The number of methoxy groups -OCH3 is 1. The molecule has 0 aliphatic heterocycles. The summed E-state index contributed by atoms with van der Waals surface area (Å²) in [4.78, 5) is 77.5. The summed E-state index contributed by atoms with van der Waals surface area (Å²) >= 11 is 0. The number of fused-ring (bicyclic) bond motifs is 2. The highest BCUT2D eigenvalue weighted by molar-refractivity contribution is 5.99. The van der Waals surface area contributed by atoms with Crippen LogP contribution in [0.5, 0.6) is 0 Å². The lowest BCUT2D eigenvalue weighted by Gasteiger charge is -2.19. The lowest BCUT2D eigenvalue weighted by atomic mass is 10.2. The number of esters is 1. The zero-order valence-electron chi connectivity index (χ0n) is 33.5. The number of carboxylic acid groups (broad SMARTS) is 1. The van der Waals surface area contributed by atoms with Gasteiger partial charge in [-0.05, 0) is 62.1 Å². The van der Waals surface area contributed by atoms with E-state index < -0.39 is 11.9 Å². The fourth-order valence-electron chi connectivity index (χ4n) is 7.52. The van der Waals surface area contributed by atoms with Crippen LogP contribution in [0.4, 0.5) is 23.5 Å². The SMILES string of the molecule is CN(C)C(=O)c1cc2cnc(Nc3ccc(C(=O)O)cn3)nc2n1C1CCCC1.COC(=O)c1ccc(Nc2ncc3cc(C(=O)N(C)C)n(C4CCCC4)c3n2)nc1. The van der Waals surface area contributed by atoms with Crippen LogP contribution in [-0.2, 0) is 4.74 Å². The Morgan fingerprint density at radius 3 is 1.42 bits per heavy atom. The van der Waals surface area contributed by atoms with E-state index in [0.29, 0.717) is 46.1 Å². The molecule has 6 aromatic heterocycles. The molecule has 2 aliphatic rings. The summed E-state index contributed by atoms with van der Waals surface area (Å²) in [6.45, 7) is 0. The summed E-state index contributed by atoms with van der Waals surface area (Å²) in [6.07, 6.45) is 14.8. The molecule has 2 amide bonds. The van der Waals surface area contributed by atoms with Crippen LogP contribution in [0.25, 0.3) is 22.1 Å². The molecule has 306 valence electrons. The van der Waals surface area contributed by atoms with E-state index in [9.17, 15) is 19.2 Å². The van der Waals surface area contributed by atoms with E-state index >= 15 is 0 Å². The van der Waals surface area contributed by atoms with Crippen LogP contribution in [0, 0.1) is 0 Å². The molecule has 3 N–H and O–H groups in total. The van der Waals surface area contributed by atoms with E-state index in [0.717, 1.165) is 67.8 Å². The fourth-order valence-corrected chi connectivity index (χ4v) is 7.52. The summed E-state index contributed by atoms with van der Waals surface area (Å²) in [5.41, 5.74) is 3.16. The predicted octanol–water partition coefficient (Wildman–Crippen LogP) is 6.26. The minimum Gasteiger partial charge on any atom is -0.478 e. The topological polar surface area (TPSA) is 215 Å². The van der Waals surface area contributed by atoms with Crippen molar-refractivity contribution in [1.82, 2.24) is 48.8 Å². The van der Waals surface area contributed by atoms with Crippen molar-refractivity contribution in [2.75, 3.05) is 45.9 Å². The van der Waals surface area contributed by atoms with Crippen LogP contribution in [-0.4, -0.2) is 113 Å². The first-order chi connectivity index (χ1) is 28.4. The molecular formula is C41H46N12O6. The zero-order valence-corrected chi connectivity index (χ0v) is 33.5. The molecule has 18 heteroatoms. The van der Waals surface area contributed by atoms with Gasteiger partial charge in [0.25, 0.3) is 11.8 Å². The number of pyridine rings is 2. The van der Waals surface area contributed by atoms with Gasteiger partial charge in [0, 0.05) is 75.8 Å². The maximum Gasteiger partial charge on any atom is 0.339 e. The number of amides is 2. The summed E-state index contributed by atoms with van der Waals surface area (Å²) in [6, 6.07) is 10.5. The number of rotatable bonds is 10. The quantitative estimate of drug-likeness (QED) is 0.130. The Morgan fingerprint density at radius 2 is 1.07 bits per heavy atom. The first-order valence-electron chi connectivity index (χ1n) is 19.4. The van der Waals surface area contributed by atoms with E-state index in [1.807, 2.05) is 16.7 Å². The molecule has 6 heterocycles. The lowest BCUT2D eigenvalue weighted by Crippen LogP contribution is -2.25. The van der Waals surface area contributed by atoms with Crippen molar-refractivity contribution in [3.8, 4) is 0 Å². The fraction of sp³-hybridized carbons (Fsp3) is 0.366. The molecule has 0 unspecified atom stereocenters. The highest BCUT2D eigenvalue weighted by Gasteiger charge is 2.28. The molecular weight excluding hydrogens is 757 g/mol. The van der Waals surface area contributed by atoms with Crippen LogP contribution in [0.3, 0.4) is 0 Å². The Kier molecular flexibility index (Phi) is 11.8. The molecule has 2 saturated carbocycles. The van der Waals surface area contributed by atoms with Gasteiger partial charge in [-0.1, -0.05) is 25.7 Å². The average Bonchev–Trinajstić information content (AvgIpc) is 4.07. The Hall–Kier alpha value is -6.98. The molecule has 6 aromatic rings. The number of nitrogens with one attached hydrogen (secondary N) is 2. The Morgan fingerprint density at radius 1 is 0.644 bits per heavy atom. The number of hydrogen-bond acceptors (Lipinski definition) is 13. The van der Waals surface area contributed by atoms with E-state index in [4.69, 9.17) is 5.11 Å². The van der Waals surface area contributed by atoms with Gasteiger partial charge >= 0.3 is 11.9 Å². The third-order valence-electron chi connectivity index (χ3n) is 10.5. The third kappa shape index (κ3) is 8.65. The second kappa shape index (κ2) is 17.3. The van der Waals surface area contributed by atoms with Crippen molar-refractivity contribution < 1.29 is 29.0 Å². The van der Waals surface area contributed by atoms with Gasteiger partial charge in [-0.15, -0.1) is 0 Å². The third-order valence-corrected chi connectivity index (χ3v) is 10.5. The average molecular weight is 803 g/mol. The first-order valence-corrected chi connectivity index (χ1v) is 19.4. The number of carbonyl (C=O) groups excluding carboxylic acids is 3. The van der Waals surface area contributed by atoms with Gasteiger partial charge in [0.05, 0.1) is 18.2 Å². The van der Waals surface area contributed by atoms with Gasteiger partial charge in [-0.25, -0.2) is 29.5 Å². The number of carboxylic acids is 1. The smallest absolute Gasteiger partial charge is 0.339 e. The maximum absolute atomic E-state index is 12.8. The van der Waals surface area contributed by atoms with E-state index in [1.54, 1.807) is 68.6 Å². The zero-order chi connectivity index (χ0) is 41.8. The molecule has 2 aliphatic carbocycles. The van der Waals surface area contributed by atoms with Crippen LogP contribution >= 0.6 is 0 Å². The highest BCUT2D eigenvalue weighted by Crippen LogP contribution is 2.36. The van der Waals surface area contributed by atoms with Gasteiger partial charge in [0.2, 0.25) is 11.9 Å². The van der Waals surface area contributed by atoms with E-state index in [-0.39, 0.29) is 29.5 Å². The van der Waals surface area contributed by atoms with Crippen molar-refractivity contribution in [2.45, 2.75) is 63.5 Å². The molecule has 18 nitrogen and oxygen atoms in total. The first kappa shape index (κ1) is 40.2. The Bertz CT molecular complexity index is 2500. The largest absolute Gasteiger partial charge is 0.478 e. The molecule has 8 rings (SSSR count). The minimum atomic E-state index is -1.03. The number of carbonyl (C=O) groups is 4. The molecule has 0 saturated heterocycles. The minimum absolute atomic E-state index is 0.0468. The van der Waals surface area contributed by atoms with Gasteiger partial charge in [-0.3, -0.25) is 9.59 Å². The number of ether oxygens (including phenoxy) is 1. The molecule has 0 bridgehead atoms. The molecule has 0 aromatic carbocycles. The molecule has 0 spiro atoms. The van der Waals surface area contributed by atoms with Crippen molar-refractivity contribution in [1.29, 1.82) is 0 Å². The van der Waals surface area contributed by atoms with Gasteiger partial charge in [0.15, 0.2) is 0 Å². The highest BCUT2D eigenvalue weighted by atomic mass is 16.5. The lowest BCUT2D eigenvalue weighted by molar-refractivity contribution is 0.0599. The molecule has 2 fully saturated rings. The van der Waals surface area contributed by atoms with Crippen LogP contribution < -0.4 is 10.6 Å². The monoisotopic (exact) mass is 802 g/mol. The van der Waals surface area contributed by atoms with Crippen molar-refractivity contribution in [3.05, 3.63) is 83.7 Å². The van der Waals surface area contributed by atoms with Gasteiger partial charge in [0.1, 0.15) is 34.3 Å².